The predicted molar refractivity (Wildman–Crippen MR) is 267 cm³/mol. The van der Waals surface area contributed by atoms with Gasteiger partial charge in [-0.15, -0.1) is 0 Å². The Labute approximate surface area is 383 Å². The second-order valence-corrected chi connectivity index (χ2v) is 19.6. The maximum atomic E-state index is 12.8. The Morgan fingerprint density at radius 1 is 0.565 bits per heavy atom. The zero-order valence-corrected chi connectivity index (χ0v) is 41.7. The smallest absolute Gasteiger partial charge is 0.387 e. The number of amides is 1. The van der Waals surface area contributed by atoms with Crippen LogP contribution in [0.25, 0.3) is 0 Å². The van der Waals surface area contributed by atoms with Crippen LogP contribution in [-0.4, -0.2) is 73.4 Å². The van der Waals surface area contributed by atoms with E-state index in [0.29, 0.717) is 17.4 Å². The molecule has 360 valence electrons. The van der Waals surface area contributed by atoms with Crippen LogP contribution >= 0.6 is 7.82 Å². The summed E-state index contributed by atoms with van der Waals surface area (Å²) in [6, 6.07) is -0.904. The minimum absolute atomic E-state index is 0.0421. The quantitative estimate of drug-likeness (QED) is 0.0243. The first kappa shape index (κ1) is 59.9. The third kappa shape index (κ3) is 45.9. The van der Waals surface area contributed by atoms with Crippen LogP contribution in [0.4, 0.5) is 0 Å². The van der Waals surface area contributed by atoms with Crippen molar-refractivity contribution in [3.8, 4) is 0 Å². The fourth-order valence-corrected chi connectivity index (χ4v) is 7.73. The van der Waals surface area contributed by atoms with E-state index in [1.807, 2.05) is 33.3 Å². The molecule has 0 aliphatic rings. The second-order valence-electron chi connectivity index (χ2n) is 18.2. The fraction of sp³-hybridized carbons (Fsp3) is 0.755. The van der Waals surface area contributed by atoms with Gasteiger partial charge in [0.15, 0.2) is 0 Å². The molecule has 0 spiro atoms. The van der Waals surface area contributed by atoms with E-state index in [4.69, 9.17) is 9.05 Å². The lowest BCUT2D eigenvalue weighted by Crippen LogP contribution is -2.45. The largest absolute Gasteiger partial charge is 0.472 e. The Bertz CT molecular complexity index is 1240. The van der Waals surface area contributed by atoms with Crippen molar-refractivity contribution in [1.29, 1.82) is 0 Å². The lowest BCUT2D eigenvalue weighted by molar-refractivity contribution is -0.870. The van der Waals surface area contributed by atoms with Crippen LogP contribution in [0, 0.1) is 0 Å². The molecule has 0 aromatic carbocycles. The third-order valence-electron chi connectivity index (χ3n) is 11.0. The van der Waals surface area contributed by atoms with Gasteiger partial charge in [0.1, 0.15) is 13.2 Å². The van der Waals surface area contributed by atoms with Crippen molar-refractivity contribution < 1.29 is 32.9 Å². The minimum atomic E-state index is -4.37. The number of quaternary nitrogens is 1. The van der Waals surface area contributed by atoms with Crippen molar-refractivity contribution in [2.45, 2.75) is 219 Å². The third-order valence-corrected chi connectivity index (χ3v) is 11.9. The Morgan fingerprint density at radius 3 is 1.35 bits per heavy atom. The lowest BCUT2D eigenvalue weighted by atomic mass is 10.0. The van der Waals surface area contributed by atoms with Crippen LogP contribution in [0.2, 0.25) is 0 Å². The van der Waals surface area contributed by atoms with Crippen molar-refractivity contribution in [2.75, 3.05) is 40.9 Å². The molecule has 0 fully saturated rings. The molecule has 0 saturated heterocycles. The van der Waals surface area contributed by atoms with Crippen molar-refractivity contribution in [3.05, 3.63) is 72.9 Å². The normalized spacial score (nSPS) is 14.8. The molecule has 3 atom stereocenters. The van der Waals surface area contributed by atoms with Crippen LogP contribution in [0.15, 0.2) is 72.9 Å². The number of carbonyl (C=O) groups excluding carboxylic acids is 1. The van der Waals surface area contributed by atoms with Crippen molar-refractivity contribution in [3.63, 3.8) is 0 Å². The number of nitrogens with zero attached hydrogens (tertiary/aromatic N) is 1. The molecule has 1 amide bonds. The number of nitrogens with one attached hydrogen (secondary N) is 1. The molecule has 0 aromatic rings. The molecular formula is C53H98N2O6P+. The Kier molecular flexibility index (Phi) is 42.7. The molecule has 0 heterocycles. The molecule has 0 aliphatic heterocycles. The molecule has 0 bridgehead atoms. The molecule has 3 N–H and O–H groups in total. The van der Waals surface area contributed by atoms with Crippen LogP contribution in [-0.2, 0) is 18.4 Å². The van der Waals surface area contributed by atoms with E-state index >= 15 is 0 Å². The van der Waals surface area contributed by atoms with Crippen LogP contribution in [0.3, 0.4) is 0 Å². The highest BCUT2D eigenvalue weighted by atomic mass is 31.2. The van der Waals surface area contributed by atoms with Gasteiger partial charge in [-0.2, -0.15) is 0 Å². The summed E-state index contributed by atoms with van der Waals surface area (Å²) in [6.45, 7) is 4.63. The zero-order chi connectivity index (χ0) is 45.7. The highest BCUT2D eigenvalue weighted by molar-refractivity contribution is 7.47. The number of rotatable bonds is 45. The second kappa shape index (κ2) is 44.2. The average molecular weight is 890 g/mol. The monoisotopic (exact) mass is 890 g/mol. The number of phosphoric ester groups is 1. The van der Waals surface area contributed by atoms with Gasteiger partial charge >= 0.3 is 7.82 Å². The molecule has 3 unspecified atom stereocenters. The summed E-state index contributed by atoms with van der Waals surface area (Å²) in [6.07, 6.45) is 60.3. The first-order chi connectivity index (χ1) is 30.0. The van der Waals surface area contributed by atoms with E-state index in [9.17, 15) is 19.4 Å². The first-order valence-electron chi connectivity index (χ1n) is 25.3. The summed E-state index contributed by atoms with van der Waals surface area (Å²) in [5, 5.41) is 13.8. The Hall–Kier alpha value is -2.06. The van der Waals surface area contributed by atoms with Crippen molar-refractivity contribution >= 4 is 13.7 Å². The number of aliphatic hydroxyl groups is 1. The first-order valence-corrected chi connectivity index (χ1v) is 26.8. The van der Waals surface area contributed by atoms with Crippen LogP contribution in [0.5, 0.6) is 0 Å². The summed E-state index contributed by atoms with van der Waals surface area (Å²) in [4.78, 5) is 23.1. The van der Waals surface area contributed by atoms with Crippen molar-refractivity contribution in [1.82, 2.24) is 5.32 Å². The molecule has 0 radical (unpaired) electrons. The number of hydrogen-bond donors (Lipinski definition) is 3. The standard InChI is InChI=1S/C53H97N2O6P/c1-6-8-10-12-14-16-18-20-22-23-24-25-26-27-28-29-30-31-33-34-36-38-40-42-44-46-52(56)51(50-61-62(58,59)60-49-48-55(3,4)5)54-53(57)47-45-43-41-39-37-35-32-21-19-17-15-13-11-9-7-2/h9,11,15,17,21,32,37,39,43-46,51-52,56H,6-8,10,12-14,16,18-20,22-31,33-36,38,40-42,47-50H2,1-5H3,(H-,54,57,58,59)/p+1/b11-9-,17-15-,32-21-,39-37-,45-43-,46-44+. The van der Waals surface area contributed by atoms with E-state index in [1.165, 1.54) is 135 Å². The van der Waals surface area contributed by atoms with Gasteiger partial charge in [0.25, 0.3) is 0 Å². The SMILES string of the molecule is CC/C=C\C/C=C\C/C=C\C/C=C\C/C=C\CC(=O)NC(COP(=O)(O)OCC[N+](C)(C)C)C(O)/C=C/CCCCCCCCCCCCCCCCCCCCCCCCC. The van der Waals surface area contributed by atoms with Gasteiger partial charge in [-0.3, -0.25) is 13.8 Å². The average Bonchev–Trinajstić information content (AvgIpc) is 3.23. The van der Waals surface area contributed by atoms with Crippen molar-refractivity contribution in [2.24, 2.45) is 0 Å². The van der Waals surface area contributed by atoms with E-state index < -0.39 is 20.0 Å². The summed E-state index contributed by atoms with van der Waals surface area (Å²) in [5.41, 5.74) is 0. The van der Waals surface area contributed by atoms with Gasteiger partial charge in [0.05, 0.1) is 39.9 Å². The molecule has 9 heteroatoms. The molecule has 8 nitrogen and oxygen atoms in total. The number of aliphatic hydroxyl groups excluding tert-OH is 1. The van der Waals surface area contributed by atoms with E-state index in [1.54, 1.807) is 12.2 Å². The zero-order valence-electron chi connectivity index (χ0n) is 40.8. The number of carbonyl (C=O) groups is 1. The highest BCUT2D eigenvalue weighted by Gasteiger charge is 2.27. The Balaban J connectivity index is 4.36. The number of phosphoric acid groups is 1. The van der Waals surface area contributed by atoms with Gasteiger partial charge in [0.2, 0.25) is 5.91 Å². The lowest BCUT2D eigenvalue weighted by Gasteiger charge is -2.25. The fourth-order valence-electron chi connectivity index (χ4n) is 6.99. The Morgan fingerprint density at radius 2 is 0.952 bits per heavy atom. The molecule has 0 rings (SSSR count). The topological polar surface area (TPSA) is 105 Å². The highest BCUT2D eigenvalue weighted by Crippen LogP contribution is 2.43. The van der Waals surface area contributed by atoms with E-state index in [-0.39, 0.29) is 25.5 Å². The summed E-state index contributed by atoms with van der Waals surface area (Å²) < 4.78 is 23.6. The van der Waals surface area contributed by atoms with E-state index in [2.05, 4.69) is 67.8 Å². The van der Waals surface area contributed by atoms with Gasteiger partial charge in [0, 0.05) is 6.42 Å². The van der Waals surface area contributed by atoms with Gasteiger partial charge in [-0.25, -0.2) is 4.57 Å². The van der Waals surface area contributed by atoms with Gasteiger partial charge in [-0.1, -0.05) is 228 Å². The molecule has 0 aliphatic carbocycles. The van der Waals surface area contributed by atoms with Gasteiger partial charge in [-0.05, 0) is 44.9 Å². The van der Waals surface area contributed by atoms with Crippen LogP contribution < -0.4 is 5.32 Å². The van der Waals surface area contributed by atoms with Gasteiger partial charge < -0.3 is 19.8 Å². The number of unbranched alkanes of at least 4 members (excludes halogenated alkanes) is 23. The predicted octanol–water partition coefficient (Wildman–Crippen LogP) is 14.8. The minimum Gasteiger partial charge on any atom is -0.387 e. The number of hydrogen-bond acceptors (Lipinski definition) is 5. The molecule has 0 saturated carbocycles. The maximum Gasteiger partial charge on any atom is 0.472 e. The summed E-state index contributed by atoms with van der Waals surface area (Å²) in [5.74, 6) is -0.305. The van der Waals surface area contributed by atoms with Crippen LogP contribution in [0.1, 0.15) is 206 Å². The number of allylic oxidation sites excluding steroid dienone is 10. The molecule has 0 aromatic heterocycles. The van der Waals surface area contributed by atoms with E-state index in [0.717, 1.165) is 44.9 Å². The molecular weight excluding hydrogens is 792 g/mol. The maximum absolute atomic E-state index is 12.8. The molecule has 62 heavy (non-hydrogen) atoms. The summed E-state index contributed by atoms with van der Waals surface area (Å²) >= 11 is 0. The summed E-state index contributed by atoms with van der Waals surface area (Å²) in [7, 11) is 1.51. The number of likely N-dealkylation sites (N-methyl/N-ethyl adjacent to an activating group) is 1.